The Balaban J connectivity index is 1.70. The maximum Gasteiger partial charge on any atom is 0.261 e. The number of amides is 1. The third-order valence-corrected chi connectivity index (χ3v) is 6.35. The summed E-state index contributed by atoms with van der Waals surface area (Å²) in [5.74, 6) is -2.99. The molecule has 0 spiro atoms. The number of primary sulfonamides is 1. The fourth-order valence-electron chi connectivity index (χ4n) is 2.48. The van der Waals surface area contributed by atoms with Crippen LogP contribution in [0.2, 0.25) is 0 Å². The van der Waals surface area contributed by atoms with E-state index in [-0.39, 0.29) is 16.1 Å². The van der Waals surface area contributed by atoms with Crippen LogP contribution in [0.5, 0.6) is 0 Å². The van der Waals surface area contributed by atoms with E-state index < -0.39 is 42.5 Å². The average Bonchev–Trinajstić information content (AvgIpc) is 2.70. The van der Waals surface area contributed by atoms with E-state index in [9.17, 15) is 30.4 Å². The molecule has 3 rings (SSSR count). The highest BCUT2D eigenvalue weighted by atomic mass is 32.2. The van der Waals surface area contributed by atoms with Crippen LogP contribution in [-0.2, 0) is 20.0 Å². The van der Waals surface area contributed by atoms with Crippen molar-refractivity contribution in [3.05, 3.63) is 83.9 Å². The van der Waals surface area contributed by atoms with E-state index in [1.165, 1.54) is 48.5 Å². The number of halogens is 2. The Bertz CT molecular complexity index is 1340. The Kier molecular flexibility index (Phi) is 6.06. The molecule has 3 aromatic rings. The second-order valence-electron chi connectivity index (χ2n) is 6.28. The number of hydrogen-bond donors (Lipinski definition) is 3. The van der Waals surface area contributed by atoms with Crippen molar-refractivity contribution in [2.24, 2.45) is 5.14 Å². The van der Waals surface area contributed by atoms with Gasteiger partial charge in [-0.05, 0) is 66.7 Å². The van der Waals surface area contributed by atoms with Crippen molar-refractivity contribution in [1.82, 2.24) is 0 Å². The molecule has 0 atom stereocenters. The summed E-state index contributed by atoms with van der Waals surface area (Å²) in [6.07, 6.45) is 0. The molecule has 0 bridgehead atoms. The van der Waals surface area contributed by atoms with E-state index in [1.807, 2.05) is 0 Å². The van der Waals surface area contributed by atoms with E-state index in [2.05, 4.69) is 10.0 Å². The number of rotatable bonds is 6. The molecule has 12 heteroatoms. The molecule has 0 heterocycles. The molecule has 31 heavy (non-hydrogen) atoms. The van der Waals surface area contributed by atoms with Gasteiger partial charge < -0.3 is 5.32 Å². The molecule has 0 aliphatic rings. The molecule has 0 radical (unpaired) electrons. The number of hydrogen-bond acceptors (Lipinski definition) is 5. The van der Waals surface area contributed by atoms with Gasteiger partial charge in [0, 0.05) is 16.9 Å². The van der Waals surface area contributed by atoms with Gasteiger partial charge in [-0.25, -0.2) is 30.8 Å². The largest absolute Gasteiger partial charge is 0.322 e. The molecule has 1 amide bonds. The minimum atomic E-state index is -4.15. The summed E-state index contributed by atoms with van der Waals surface area (Å²) < 4.78 is 75.6. The molecule has 0 aliphatic heterocycles. The molecular formula is C19H15F2N3O5S2. The van der Waals surface area contributed by atoms with Gasteiger partial charge in [0.15, 0.2) is 11.6 Å². The van der Waals surface area contributed by atoms with Crippen LogP contribution in [0.4, 0.5) is 20.2 Å². The third kappa shape index (κ3) is 5.42. The molecular weight excluding hydrogens is 452 g/mol. The number of anilines is 2. The first-order chi connectivity index (χ1) is 14.5. The predicted octanol–water partition coefficient (Wildman–Crippen LogP) is 2.67. The Labute approximate surface area is 176 Å². The fourth-order valence-corrected chi connectivity index (χ4v) is 4.06. The lowest BCUT2D eigenvalue weighted by molar-refractivity contribution is 0.102. The second kappa shape index (κ2) is 8.41. The van der Waals surface area contributed by atoms with Gasteiger partial charge in [0.2, 0.25) is 10.0 Å². The van der Waals surface area contributed by atoms with Crippen molar-refractivity contribution in [3.63, 3.8) is 0 Å². The van der Waals surface area contributed by atoms with Crippen molar-refractivity contribution >= 4 is 37.3 Å². The highest BCUT2D eigenvalue weighted by Crippen LogP contribution is 2.20. The summed E-state index contributed by atoms with van der Waals surface area (Å²) in [6.45, 7) is 0. The Hall–Kier alpha value is -3.35. The van der Waals surface area contributed by atoms with Gasteiger partial charge in [-0.3, -0.25) is 9.52 Å². The van der Waals surface area contributed by atoms with Gasteiger partial charge in [-0.2, -0.15) is 0 Å². The molecule has 0 fully saturated rings. The molecule has 8 nitrogen and oxygen atoms in total. The first kappa shape index (κ1) is 22.3. The van der Waals surface area contributed by atoms with Crippen LogP contribution in [0, 0.1) is 11.6 Å². The number of carbonyl (C=O) groups excluding carboxylic acids is 1. The Morgan fingerprint density at radius 2 is 1.29 bits per heavy atom. The zero-order chi connectivity index (χ0) is 22.8. The van der Waals surface area contributed by atoms with Crippen molar-refractivity contribution in [2.75, 3.05) is 10.0 Å². The maximum absolute atomic E-state index is 13.3. The zero-order valence-corrected chi connectivity index (χ0v) is 17.2. The minimum Gasteiger partial charge on any atom is -0.322 e. The lowest BCUT2D eigenvalue weighted by Gasteiger charge is -2.10. The van der Waals surface area contributed by atoms with Crippen molar-refractivity contribution in [1.29, 1.82) is 0 Å². The minimum absolute atomic E-state index is 0.125. The van der Waals surface area contributed by atoms with Crippen LogP contribution >= 0.6 is 0 Å². The van der Waals surface area contributed by atoms with Gasteiger partial charge in [-0.15, -0.1) is 0 Å². The number of carbonyl (C=O) groups is 1. The lowest BCUT2D eigenvalue weighted by Crippen LogP contribution is -2.15. The topological polar surface area (TPSA) is 135 Å². The fraction of sp³-hybridized carbons (Fsp3) is 0. The smallest absolute Gasteiger partial charge is 0.261 e. The van der Waals surface area contributed by atoms with Gasteiger partial charge in [0.05, 0.1) is 9.79 Å². The monoisotopic (exact) mass is 467 g/mol. The summed E-state index contributed by atoms with van der Waals surface area (Å²) in [7, 11) is -8.03. The van der Waals surface area contributed by atoms with Crippen LogP contribution in [0.15, 0.2) is 76.5 Å². The van der Waals surface area contributed by atoms with Gasteiger partial charge in [0.1, 0.15) is 0 Å². The molecule has 0 saturated heterocycles. The van der Waals surface area contributed by atoms with E-state index in [0.717, 1.165) is 6.07 Å². The number of nitrogens with two attached hydrogens (primary N) is 1. The summed E-state index contributed by atoms with van der Waals surface area (Å²) in [6, 6.07) is 12.7. The molecule has 3 aromatic carbocycles. The van der Waals surface area contributed by atoms with Crippen LogP contribution < -0.4 is 15.2 Å². The first-order valence-electron chi connectivity index (χ1n) is 8.48. The van der Waals surface area contributed by atoms with Gasteiger partial charge >= 0.3 is 0 Å². The average molecular weight is 467 g/mol. The van der Waals surface area contributed by atoms with Crippen LogP contribution in [0.25, 0.3) is 0 Å². The van der Waals surface area contributed by atoms with E-state index in [4.69, 9.17) is 5.14 Å². The van der Waals surface area contributed by atoms with Crippen molar-refractivity contribution in [3.8, 4) is 0 Å². The normalized spacial score (nSPS) is 11.7. The van der Waals surface area contributed by atoms with Crippen LogP contribution in [0.3, 0.4) is 0 Å². The standard InChI is InChI=1S/C19H15F2N3O5S2/c20-17-10-9-16(11-18(17)21)31(28,29)24-14-5-3-13(4-6-14)23-19(25)12-1-7-15(8-2-12)30(22,26)27/h1-11,24H,(H,23,25)(H2,22,26,27). The van der Waals surface area contributed by atoms with Gasteiger partial charge in [0.25, 0.3) is 15.9 Å². The summed E-state index contributed by atoms with van der Waals surface area (Å²) in [5.41, 5.74) is 0.632. The first-order valence-corrected chi connectivity index (χ1v) is 11.5. The highest BCUT2D eigenvalue weighted by Gasteiger charge is 2.17. The molecule has 162 valence electrons. The lowest BCUT2D eigenvalue weighted by atomic mass is 10.2. The summed E-state index contributed by atoms with van der Waals surface area (Å²) >= 11 is 0. The number of nitrogens with one attached hydrogen (secondary N) is 2. The predicted molar refractivity (Wildman–Crippen MR) is 109 cm³/mol. The van der Waals surface area contributed by atoms with E-state index in [1.54, 1.807) is 0 Å². The SMILES string of the molecule is NS(=O)(=O)c1ccc(C(=O)Nc2ccc(NS(=O)(=O)c3ccc(F)c(F)c3)cc2)cc1. The van der Waals surface area contributed by atoms with Gasteiger partial charge in [-0.1, -0.05) is 0 Å². The molecule has 0 unspecified atom stereocenters. The Morgan fingerprint density at radius 1 is 0.742 bits per heavy atom. The van der Waals surface area contributed by atoms with E-state index in [0.29, 0.717) is 17.8 Å². The zero-order valence-electron chi connectivity index (χ0n) is 15.5. The highest BCUT2D eigenvalue weighted by molar-refractivity contribution is 7.92. The van der Waals surface area contributed by atoms with E-state index >= 15 is 0 Å². The van der Waals surface area contributed by atoms with Crippen molar-refractivity contribution in [2.45, 2.75) is 9.79 Å². The molecule has 0 aliphatic carbocycles. The molecule has 0 aromatic heterocycles. The van der Waals surface area contributed by atoms with Crippen LogP contribution in [-0.4, -0.2) is 22.7 Å². The summed E-state index contributed by atoms with van der Waals surface area (Å²) in [5, 5.41) is 7.57. The number of benzene rings is 3. The third-order valence-electron chi connectivity index (χ3n) is 4.04. The van der Waals surface area contributed by atoms with Crippen molar-refractivity contribution < 1.29 is 30.4 Å². The maximum atomic E-state index is 13.3. The quantitative estimate of drug-likeness (QED) is 0.512. The second-order valence-corrected chi connectivity index (χ2v) is 9.53. The number of sulfonamides is 2. The molecule has 4 N–H and O–H groups in total. The van der Waals surface area contributed by atoms with Crippen LogP contribution in [0.1, 0.15) is 10.4 Å². The summed E-state index contributed by atoms with van der Waals surface area (Å²) in [4.78, 5) is 11.7. The molecule has 0 saturated carbocycles. The Morgan fingerprint density at radius 3 is 1.84 bits per heavy atom.